The van der Waals surface area contributed by atoms with Crippen molar-refractivity contribution in [2.75, 3.05) is 7.11 Å². The van der Waals surface area contributed by atoms with E-state index in [0.29, 0.717) is 16.7 Å². The average Bonchev–Trinajstić information content (AvgIpc) is 3.12. The molecule has 5 heteroatoms. The van der Waals surface area contributed by atoms with E-state index in [-0.39, 0.29) is 17.3 Å². The van der Waals surface area contributed by atoms with Crippen molar-refractivity contribution in [1.29, 1.82) is 0 Å². The predicted octanol–water partition coefficient (Wildman–Crippen LogP) is 1.03. The molecular formula is C12H12N2O3. The minimum Gasteiger partial charge on any atom is -0.496 e. The number of hydrogen-bond donors (Lipinski definition) is 1. The van der Waals surface area contributed by atoms with Gasteiger partial charge in [-0.3, -0.25) is 9.36 Å². The number of aromatic nitrogens is 2. The van der Waals surface area contributed by atoms with Gasteiger partial charge in [0.05, 0.1) is 12.6 Å². The Bertz CT molecular complexity index is 695. The summed E-state index contributed by atoms with van der Waals surface area (Å²) in [7, 11) is 1.51. The summed E-state index contributed by atoms with van der Waals surface area (Å²) in [5, 5.41) is 0.446. The van der Waals surface area contributed by atoms with E-state index in [1.54, 1.807) is 18.2 Å². The number of nitrogens with one attached hydrogen (secondary N) is 1. The van der Waals surface area contributed by atoms with Crippen molar-refractivity contribution in [2.24, 2.45) is 0 Å². The zero-order valence-corrected chi connectivity index (χ0v) is 9.40. The summed E-state index contributed by atoms with van der Waals surface area (Å²) in [6, 6.07) is 5.23. The normalized spacial score (nSPS) is 15.1. The lowest BCUT2D eigenvalue weighted by Gasteiger charge is -2.07. The SMILES string of the molecule is COc1cccc2[nH]c(=O)n(C3CC3)c(=O)c12. The van der Waals surface area contributed by atoms with Gasteiger partial charge in [-0.05, 0) is 25.0 Å². The van der Waals surface area contributed by atoms with Crippen LogP contribution >= 0.6 is 0 Å². The lowest BCUT2D eigenvalue weighted by atomic mass is 10.2. The van der Waals surface area contributed by atoms with Gasteiger partial charge in [0, 0.05) is 6.04 Å². The van der Waals surface area contributed by atoms with Crippen LogP contribution in [0.25, 0.3) is 10.9 Å². The van der Waals surface area contributed by atoms with Crippen molar-refractivity contribution >= 4 is 10.9 Å². The van der Waals surface area contributed by atoms with Gasteiger partial charge >= 0.3 is 5.69 Å². The number of rotatable bonds is 2. The molecule has 0 saturated heterocycles. The lowest BCUT2D eigenvalue weighted by molar-refractivity contribution is 0.419. The summed E-state index contributed by atoms with van der Waals surface area (Å²) in [4.78, 5) is 26.8. The molecule has 2 aromatic rings. The molecule has 5 nitrogen and oxygen atoms in total. The largest absolute Gasteiger partial charge is 0.496 e. The molecule has 1 N–H and O–H groups in total. The first-order chi connectivity index (χ1) is 8.22. The van der Waals surface area contributed by atoms with Crippen molar-refractivity contribution in [3.05, 3.63) is 39.0 Å². The van der Waals surface area contributed by atoms with Gasteiger partial charge in [-0.25, -0.2) is 4.79 Å². The molecule has 1 fully saturated rings. The Morgan fingerprint density at radius 1 is 1.35 bits per heavy atom. The van der Waals surface area contributed by atoms with Crippen LogP contribution in [0, 0.1) is 0 Å². The first kappa shape index (κ1) is 10.1. The number of H-pyrrole nitrogens is 1. The standard InChI is InChI=1S/C12H12N2O3/c1-17-9-4-2-3-8-10(9)11(15)14(7-5-6-7)12(16)13-8/h2-4,7H,5-6H2,1H3,(H,13,16). The van der Waals surface area contributed by atoms with Gasteiger partial charge in [-0.15, -0.1) is 0 Å². The number of methoxy groups -OCH3 is 1. The average molecular weight is 232 g/mol. The molecule has 1 aromatic carbocycles. The van der Waals surface area contributed by atoms with Gasteiger partial charge in [-0.2, -0.15) is 0 Å². The summed E-state index contributed by atoms with van der Waals surface area (Å²) in [6.07, 6.45) is 1.79. The second-order valence-corrected chi connectivity index (χ2v) is 4.22. The Kier molecular flexibility index (Phi) is 2.07. The molecule has 1 heterocycles. The predicted molar refractivity (Wildman–Crippen MR) is 63.7 cm³/mol. The smallest absolute Gasteiger partial charge is 0.329 e. The third-order valence-corrected chi connectivity index (χ3v) is 3.05. The quantitative estimate of drug-likeness (QED) is 0.841. The number of nitrogens with zero attached hydrogens (tertiary/aromatic N) is 1. The molecule has 0 spiro atoms. The Morgan fingerprint density at radius 2 is 2.12 bits per heavy atom. The summed E-state index contributed by atoms with van der Waals surface area (Å²) in [6.45, 7) is 0. The second-order valence-electron chi connectivity index (χ2n) is 4.22. The monoisotopic (exact) mass is 232 g/mol. The third-order valence-electron chi connectivity index (χ3n) is 3.05. The molecule has 17 heavy (non-hydrogen) atoms. The number of fused-ring (bicyclic) bond motifs is 1. The van der Waals surface area contributed by atoms with E-state index in [0.717, 1.165) is 12.8 Å². The Hall–Kier alpha value is -2.04. The van der Waals surface area contributed by atoms with Gasteiger partial charge in [0.2, 0.25) is 0 Å². The molecule has 1 aliphatic carbocycles. The van der Waals surface area contributed by atoms with Gasteiger partial charge in [0.1, 0.15) is 11.1 Å². The number of benzene rings is 1. The van der Waals surface area contributed by atoms with Crippen molar-refractivity contribution in [1.82, 2.24) is 9.55 Å². The number of hydrogen-bond acceptors (Lipinski definition) is 3. The van der Waals surface area contributed by atoms with E-state index in [1.807, 2.05) is 0 Å². The van der Waals surface area contributed by atoms with E-state index in [1.165, 1.54) is 11.7 Å². The molecule has 1 aliphatic rings. The maximum Gasteiger partial charge on any atom is 0.329 e. The minimum absolute atomic E-state index is 0.0561. The van der Waals surface area contributed by atoms with E-state index in [4.69, 9.17) is 4.74 Å². The Labute approximate surface area is 96.7 Å². The van der Waals surface area contributed by atoms with Gasteiger partial charge in [0.15, 0.2) is 0 Å². The van der Waals surface area contributed by atoms with Crippen LogP contribution in [-0.2, 0) is 0 Å². The van der Waals surface area contributed by atoms with Crippen molar-refractivity contribution in [3.63, 3.8) is 0 Å². The molecule has 0 radical (unpaired) electrons. The van der Waals surface area contributed by atoms with Crippen LogP contribution in [0.4, 0.5) is 0 Å². The molecule has 0 amide bonds. The summed E-state index contributed by atoms with van der Waals surface area (Å²) in [5.41, 5.74) is -0.0711. The highest BCUT2D eigenvalue weighted by Gasteiger charge is 2.28. The van der Waals surface area contributed by atoms with Crippen molar-refractivity contribution in [2.45, 2.75) is 18.9 Å². The van der Waals surface area contributed by atoms with E-state index >= 15 is 0 Å². The molecule has 0 atom stereocenters. The molecule has 1 aromatic heterocycles. The Balaban J connectivity index is 2.46. The molecule has 88 valence electrons. The molecule has 0 aliphatic heterocycles. The van der Waals surface area contributed by atoms with Crippen LogP contribution in [0.3, 0.4) is 0 Å². The van der Waals surface area contributed by atoms with Crippen LogP contribution in [-0.4, -0.2) is 16.7 Å². The van der Waals surface area contributed by atoms with Gasteiger partial charge in [0.25, 0.3) is 5.56 Å². The van der Waals surface area contributed by atoms with Crippen LogP contribution in [0.2, 0.25) is 0 Å². The fourth-order valence-corrected chi connectivity index (χ4v) is 2.08. The lowest BCUT2D eigenvalue weighted by Crippen LogP contribution is -2.34. The van der Waals surface area contributed by atoms with Crippen LogP contribution in [0.1, 0.15) is 18.9 Å². The highest BCUT2D eigenvalue weighted by molar-refractivity contribution is 5.83. The first-order valence-electron chi connectivity index (χ1n) is 5.54. The van der Waals surface area contributed by atoms with Gasteiger partial charge in [-0.1, -0.05) is 6.07 Å². The summed E-state index contributed by atoms with van der Waals surface area (Å²) < 4.78 is 6.46. The molecular weight excluding hydrogens is 220 g/mol. The second kappa shape index (κ2) is 3.48. The number of ether oxygens (including phenoxy) is 1. The van der Waals surface area contributed by atoms with E-state index < -0.39 is 0 Å². The fourth-order valence-electron chi connectivity index (χ4n) is 2.08. The zero-order valence-electron chi connectivity index (χ0n) is 9.40. The van der Waals surface area contributed by atoms with Crippen LogP contribution < -0.4 is 16.0 Å². The van der Waals surface area contributed by atoms with Crippen LogP contribution in [0.5, 0.6) is 5.75 Å². The topological polar surface area (TPSA) is 64.1 Å². The maximum atomic E-state index is 12.3. The third kappa shape index (κ3) is 1.46. The van der Waals surface area contributed by atoms with E-state index in [9.17, 15) is 9.59 Å². The van der Waals surface area contributed by atoms with Gasteiger partial charge < -0.3 is 9.72 Å². The molecule has 0 bridgehead atoms. The molecule has 1 saturated carbocycles. The van der Waals surface area contributed by atoms with Crippen LogP contribution in [0.15, 0.2) is 27.8 Å². The summed E-state index contributed by atoms with van der Waals surface area (Å²) in [5.74, 6) is 0.498. The van der Waals surface area contributed by atoms with Crippen molar-refractivity contribution in [3.8, 4) is 5.75 Å². The fraction of sp³-hybridized carbons (Fsp3) is 0.333. The molecule has 0 unspecified atom stereocenters. The molecule has 3 rings (SSSR count). The van der Waals surface area contributed by atoms with E-state index in [2.05, 4.69) is 4.98 Å². The maximum absolute atomic E-state index is 12.3. The van der Waals surface area contributed by atoms with Crippen molar-refractivity contribution < 1.29 is 4.74 Å². The summed E-state index contributed by atoms with van der Waals surface area (Å²) >= 11 is 0. The number of aromatic amines is 1. The first-order valence-corrected chi connectivity index (χ1v) is 5.54. The highest BCUT2D eigenvalue weighted by atomic mass is 16.5. The minimum atomic E-state index is -0.335. The Morgan fingerprint density at radius 3 is 2.76 bits per heavy atom. The highest BCUT2D eigenvalue weighted by Crippen LogP contribution is 2.32. The zero-order chi connectivity index (χ0) is 12.0.